The number of aromatic nitrogens is 1. The molecule has 0 saturated heterocycles. The molecule has 0 aliphatic carbocycles. The monoisotopic (exact) mass is 315 g/mol. The Morgan fingerprint density at radius 3 is 2.82 bits per heavy atom. The third kappa shape index (κ3) is 2.82. The predicted octanol–water partition coefficient (Wildman–Crippen LogP) is 4.34. The molecule has 0 saturated carbocycles. The molecule has 1 atom stereocenters. The Bertz CT molecular complexity index is 782. The lowest BCUT2D eigenvalue weighted by atomic mass is 9.88. The molecule has 0 aliphatic rings. The molecule has 3 nitrogen and oxygen atoms in total. The summed E-state index contributed by atoms with van der Waals surface area (Å²) in [5.41, 5.74) is 3.30. The maximum absolute atomic E-state index is 9.47. The van der Waals surface area contributed by atoms with E-state index in [4.69, 9.17) is 16.3 Å². The summed E-state index contributed by atoms with van der Waals surface area (Å²) in [7, 11) is 1.66. The SMILES string of the molecule is COc1ccc2[nH]cc([C@@H](CCO)c3cccc(Cl)c3)c2c1. The molecule has 0 unspecified atom stereocenters. The van der Waals surface area contributed by atoms with E-state index in [-0.39, 0.29) is 12.5 Å². The van der Waals surface area contributed by atoms with Crippen LogP contribution in [-0.2, 0) is 0 Å². The van der Waals surface area contributed by atoms with Crippen molar-refractivity contribution >= 4 is 22.5 Å². The zero-order chi connectivity index (χ0) is 15.5. The normalized spacial score (nSPS) is 12.5. The van der Waals surface area contributed by atoms with Crippen molar-refractivity contribution in [2.45, 2.75) is 12.3 Å². The van der Waals surface area contributed by atoms with Gasteiger partial charge in [0.05, 0.1) is 7.11 Å². The lowest BCUT2D eigenvalue weighted by molar-refractivity contribution is 0.282. The van der Waals surface area contributed by atoms with Crippen LogP contribution in [0.15, 0.2) is 48.7 Å². The van der Waals surface area contributed by atoms with Crippen LogP contribution in [-0.4, -0.2) is 23.8 Å². The quantitative estimate of drug-likeness (QED) is 0.735. The molecule has 22 heavy (non-hydrogen) atoms. The maximum atomic E-state index is 9.47. The van der Waals surface area contributed by atoms with Gasteiger partial charge in [0.1, 0.15) is 5.75 Å². The number of H-pyrrole nitrogens is 1. The van der Waals surface area contributed by atoms with E-state index in [9.17, 15) is 5.11 Å². The van der Waals surface area contributed by atoms with Gasteiger partial charge in [-0.1, -0.05) is 23.7 Å². The smallest absolute Gasteiger partial charge is 0.119 e. The molecule has 1 heterocycles. The van der Waals surface area contributed by atoms with Crippen molar-refractivity contribution in [1.29, 1.82) is 0 Å². The van der Waals surface area contributed by atoms with E-state index in [1.807, 2.05) is 48.7 Å². The molecule has 2 N–H and O–H groups in total. The summed E-state index contributed by atoms with van der Waals surface area (Å²) in [6.07, 6.45) is 2.65. The Kier molecular flexibility index (Phi) is 4.36. The summed E-state index contributed by atoms with van der Waals surface area (Å²) in [4.78, 5) is 3.29. The minimum Gasteiger partial charge on any atom is -0.497 e. The second-order valence-corrected chi connectivity index (χ2v) is 5.71. The zero-order valence-electron chi connectivity index (χ0n) is 12.3. The average molecular weight is 316 g/mol. The van der Waals surface area contributed by atoms with Crippen molar-refractivity contribution in [1.82, 2.24) is 4.98 Å². The molecule has 0 bridgehead atoms. The number of aliphatic hydroxyl groups is 1. The van der Waals surface area contributed by atoms with Crippen LogP contribution in [0.1, 0.15) is 23.5 Å². The number of nitrogens with one attached hydrogen (secondary N) is 1. The van der Waals surface area contributed by atoms with Crippen LogP contribution in [0.5, 0.6) is 5.75 Å². The van der Waals surface area contributed by atoms with Crippen molar-refractivity contribution in [2.24, 2.45) is 0 Å². The Balaban J connectivity index is 2.12. The van der Waals surface area contributed by atoms with E-state index in [0.717, 1.165) is 27.8 Å². The van der Waals surface area contributed by atoms with Gasteiger partial charge in [-0.15, -0.1) is 0 Å². The zero-order valence-corrected chi connectivity index (χ0v) is 13.1. The predicted molar refractivity (Wildman–Crippen MR) is 89.8 cm³/mol. The lowest BCUT2D eigenvalue weighted by Gasteiger charge is -2.16. The second-order valence-electron chi connectivity index (χ2n) is 5.28. The van der Waals surface area contributed by atoms with Gasteiger partial charge in [-0.2, -0.15) is 0 Å². The van der Waals surface area contributed by atoms with Crippen LogP contribution in [0.25, 0.3) is 10.9 Å². The van der Waals surface area contributed by atoms with Gasteiger partial charge in [0.2, 0.25) is 0 Å². The van der Waals surface area contributed by atoms with Gasteiger partial charge in [-0.3, -0.25) is 0 Å². The summed E-state index contributed by atoms with van der Waals surface area (Å²) < 4.78 is 5.33. The highest BCUT2D eigenvalue weighted by Crippen LogP contribution is 2.35. The molecule has 3 aromatic rings. The second kappa shape index (κ2) is 6.42. The summed E-state index contributed by atoms with van der Waals surface area (Å²) in [5, 5.41) is 11.3. The van der Waals surface area contributed by atoms with E-state index in [1.165, 1.54) is 0 Å². The van der Waals surface area contributed by atoms with Gasteiger partial charge in [-0.05, 0) is 47.9 Å². The molecule has 0 aliphatic heterocycles. The molecule has 1 aromatic heterocycles. The van der Waals surface area contributed by atoms with Crippen molar-refractivity contribution < 1.29 is 9.84 Å². The number of aromatic amines is 1. The van der Waals surface area contributed by atoms with E-state index in [2.05, 4.69) is 4.98 Å². The summed E-state index contributed by atoms with van der Waals surface area (Å²) in [5.74, 6) is 0.909. The first-order valence-corrected chi connectivity index (χ1v) is 7.62. The van der Waals surface area contributed by atoms with Crippen molar-refractivity contribution in [3.63, 3.8) is 0 Å². The molecule has 0 amide bonds. The topological polar surface area (TPSA) is 45.2 Å². The third-order valence-corrected chi connectivity index (χ3v) is 4.20. The molecule has 0 radical (unpaired) electrons. The number of aliphatic hydroxyl groups excluding tert-OH is 1. The molecular weight excluding hydrogens is 298 g/mol. The lowest BCUT2D eigenvalue weighted by Crippen LogP contribution is -2.03. The molecule has 0 spiro atoms. The van der Waals surface area contributed by atoms with Crippen LogP contribution in [0.4, 0.5) is 0 Å². The summed E-state index contributed by atoms with van der Waals surface area (Å²) >= 11 is 6.13. The fourth-order valence-corrected chi connectivity index (χ4v) is 3.09. The highest BCUT2D eigenvalue weighted by molar-refractivity contribution is 6.30. The number of methoxy groups -OCH3 is 1. The van der Waals surface area contributed by atoms with Crippen LogP contribution in [0, 0.1) is 0 Å². The average Bonchev–Trinajstić information content (AvgIpc) is 2.95. The molecular formula is C18H18ClNO2. The molecule has 114 valence electrons. The molecule has 3 rings (SSSR count). The Labute approximate surface area is 134 Å². The Morgan fingerprint density at radius 1 is 1.23 bits per heavy atom. The van der Waals surface area contributed by atoms with Gasteiger partial charge in [0.25, 0.3) is 0 Å². The molecule has 0 fully saturated rings. The Morgan fingerprint density at radius 2 is 2.09 bits per heavy atom. The number of fused-ring (bicyclic) bond motifs is 1. The van der Waals surface area contributed by atoms with E-state index in [0.29, 0.717) is 11.4 Å². The largest absolute Gasteiger partial charge is 0.497 e. The number of benzene rings is 2. The van der Waals surface area contributed by atoms with Crippen LogP contribution in [0.3, 0.4) is 0 Å². The van der Waals surface area contributed by atoms with Crippen molar-refractivity contribution in [2.75, 3.05) is 13.7 Å². The fourth-order valence-electron chi connectivity index (χ4n) is 2.89. The van der Waals surface area contributed by atoms with E-state index >= 15 is 0 Å². The summed E-state index contributed by atoms with van der Waals surface area (Å²) in [6.45, 7) is 0.119. The van der Waals surface area contributed by atoms with E-state index < -0.39 is 0 Å². The molecule has 4 heteroatoms. The van der Waals surface area contributed by atoms with Gasteiger partial charge < -0.3 is 14.8 Å². The number of hydrogen-bond donors (Lipinski definition) is 2. The maximum Gasteiger partial charge on any atom is 0.119 e. The van der Waals surface area contributed by atoms with Gasteiger partial charge in [0, 0.05) is 34.6 Å². The minimum atomic E-state index is 0.0876. The first-order chi connectivity index (χ1) is 10.7. The minimum absolute atomic E-state index is 0.0876. The first kappa shape index (κ1) is 14.9. The fraction of sp³-hybridized carbons (Fsp3) is 0.222. The Hall–Kier alpha value is -1.97. The van der Waals surface area contributed by atoms with Gasteiger partial charge in [-0.25, -0.2) is 0 Å². The number of ether oxygens (including phenoxy) is 1. The number of hydrogen-bond acceptors (Lipinski definition) is 2. The van der Waals surface area contributed by atoms with Gasteiger partial charge >= 0.3 is 0 Å². The van der Waals surface area contributed by atoms with Crippen molar-refractivity contribution in [3.05, 3.63) is 64.8 Å². The van der Waals surface area contributed by atoms with Crippen LogP contribution >= 0.6 is 11.6 Å². The first-order valence-electron chi connectivity index (χ1n) is 7.24. The summed E-state index contributed by atoms with van der Waals surface area (Å²) in [6, 6.07) is 13.8. The van der Waals surface area contributed by atoms with Crippen LogP contribution < -0.4 is 4.74 Å². The van der Waals surface area contributed by atoms with Gasteiger partial charge in [0.15, 0.2) is 0 Å². The highest BCUT2D eigenvalue weighted by Gasteiger charge is 2.18. The van der Waals surface area contributed by atoms with E-state index in [1.54, 1.807) is 7.11 Å². The van der Waals surface area contributed by atoms with Crippen molar-refractivity contribution in [3.8, 4) is 5.75 Å². The standard InChI is InChI=1S/C18H18ClNO2/c1-22-14-5-6-18-16(10-14)17(11-20-18)15(7-8-21)12-3-2-4-13(19)9-12/h2-6,9-11,15,20-21H,7-8H2,1H3/t15-/m0/s1. The third-order valence-electron chi connectivity index (χ3n) is 3.97. The highest BCUT2D eigenvalue weighted by atomic mass is 35.5. The van der Waals surface area contributed by atoms with Crippen LogP contribution in [0.2, 0.25) is 5.02 Å². The molecule has 2 aromatic carbocycles. The number of halogens is 1. The number of rotatable bonds is 5.